The third-order valence-corrected chi connectivity index (χ3v) is 2.22. The van der Waals surface area contributed by atoms with Crippen LogP contribution in [0.3, 0.4) is 0 Å². The fourth-order valence-corrected chi connectivity index (χ4v) is 1.11. The first-order valence-electron chi connectivity index (χ1n) is 4.75. The molecule has 2 unspecified atom stereocenters. The monoisotopic (exact) mass is 199 g/mol. The van der Waals surface area contributed by atoms with E-state index in [2.05, 4.69) is 10.1 Å². The normalized spacial score (nSPS) is 15.2. The molecule has 0 amide bonds. The van der Waals surface area contributed by atoms with Crippen LogP contribution < -0.4 is 4.90 Å². The molecule has 1 aromatic rings. The summed E-state index contributed by atoms with van der Waals surface area (Å²) in [6.45, 7) is 3.80. The Morgan fingerprint density at radius 1 is 1.50 bits per heavy atom. The van der Waals surface area contributed by atoms with Gasteiger partial charge in [0.25, 0.3) is 5.95 Å². The Morgan fingerprint density at radius 2 is 2.14 bits per heavy atom. The van der Waals surface area contributed by atoms with Gasteiger partial charge >= 0.3 is 0 Å². The van der Waals surface area contributed by atoms with Gasteiger partial charge in [0, 0.05) is 14.1 Å². The SMILES string of the molecule is CCC(O)C(C)c1nc(N(C)C)no1. The molecule has 1 aromatic heterocycles. The van der Waals surface area contributed by atoms with E-state index in [4.69, 9.17) is 4.52 Å². The van der Waals surface area contributed by atoms with Crippen LogP contribution >= 0.6 is 0 Å². The Hall–Kier alpha value is -1.10. The van der Waals surface area contributed by atoms with Crippen molar-refractivity contribution in [3.63, 3.8) is 0 Å². The maximum absolute atomic E-state index is 9.59. The van der Waals surface area contributed by atoms with Gasteiger partial charge in [0.15, 0.2) is 0 Å². The summed E-state index contributed by atoms with van der Waals surface area (Å²) in [5.41, 5.74) is 0. The topological polar surface area (TPSA) is 62.4 Å². The van der Waals surface area contributed by atoms with Gasteiger partial charge < -0.3 is 14.5 Å². The number of nitrogens with zero attached hydrogens (tertiary/aromatic N) is 3. The summed E-state index contributed by atoms with van der Waals surface area (Å²) in [4.78, 5) is 5.93. The minimum absolute atomic E-state index is 0.110. The molecule has 0 aliphatic carbocycles. The quantitative estimate of drug-likeness (QED) is 0.784. The molecule has 1 rings (SSSR count). The van der Waals surface area contributed by atoms with Crippen LogP contribution in [0.4, 0.5) is 5.95 Å². The maximum Gasteiger partial charge on any atom is 0.265 e. The summed E-state index contributed by atoms with van der Waals surface area (Å²) in [6.07, 6.45) is 0.256. The number of hydrogen-bond donors (Lipinski definition) is 1. The minimum atomic E-state index is -0.425. The highest BCUT2D eigenvalue weighted by atomic mass is 16.5. The molecule has 0 radical (unpaired) electrons. The minimum Gasteiger partial charge on any atom is -0.392 e. The second kappa shape index (κ2) is 4.41. The molecule has 80 valence electrons. The summed E-state index contributed by atoms with van der Waals surface area (Å²) < 4.78 is 5.05. The maximum atomic E-state index is 9.59. The highest BCUT2D eigenvalue weighted by Crippen LogP contribution is 2.20. The van der Waals surface area contributed by atoms with E-state index in [-0.39, 0.29) is 5.92 Å². The van der Waals surface area contributed by atoms with E-state index in [1.807, 2.05) is 27.9 Å². The Kier molecular flexibility index (Phi) is 3.46. The fraction of sp³-hybridized carbons (Fsp3) is 0.778. The summed E-state index contributed by atoms with van der Waals surface area (Å²) in [6, 6.07) is 0. The van der Waals surface area contributed by atoms with Crippen LogP contribution in [-0.4, -0.2) is 35.4 Å². The van der Waals surface area contributed by atoms with Crippen molar-refractivity contribution in [2.75, 3.05) is 19.0 Å². The lowest BCUT2D eigenvalue weighted by Crippen LogP contribution is -2.15. The second-order valence-electron chi connectivity index (χ2n) is 3.59. The number of aliphatic hydroxyl groups excluding tert-OH is 1. The molecule has 1 heterocycles. The average molecular weight is 199 g/mol. The van der Waals surface area contributed by atoms with Crippen LogP contribution in [0.2, 0.25) is 0 Å². The van der Waals surface area contributed by atoms with E-state index in [0.717, 1.165) is 0 Å². The van der Waals surface area contributed by atoms with Crippen molar-refractivity contribution < 1.29 is 9.63 Å². The molecule has 0 bridgehead atoms. The van der Waals surface area contributed by atoms with Crippen molar-refractivity contribution in [3.8, 4) is 0 Å². The third-order valence-electron chi connectivity index (χ3n) is 2.22. The third kappa shape index (κ3) is 2.23. The van der Waals surface area contributed by atoms with E-state index in [0.29, 0.717) is 18.3 Å². The van der Waals surface area contributed by atoms with E-state index in [1.54, 1.807) is 4.90 Å². The zero-order valence-corrected chi connectivity index (χ0v) is 9.06. The van der Waals surface area contributed by atoms with Gasteiger partial charge in [-0.2, -0.15) is 4.98 Å². The van der Waals surface area contributed by atoms with E-state index < -0.39 is 6.10 Å². The van der Waals surface area contributed by atoms with Crippen molar-refractivity contribution >= 4 is 5.95 Å². The highest BCUT2D eigenvalue weighted by Gasteiger charge is 2.21. The first-order valence-corrected chi connectivity index (χ1v) is 4.75. The van der Waals surface area contributed by atoms with Crippen molar-refractivity contribution in [2.45, 2.75) is 32.3 Å². The molecule has 0 aliphatic heterocycles. The summed E-state index contributed by atoms with van der Waals surface area (Å²) in [5, 5.41) is 13.4. The molecule has 0 saturated heterocycles. The van der Waals surface area contributed by atoms with Gasteiger partial charge in [0.1, 0.15) is 0 Å². The molecule has 0 aromatic carbocycles. The zero-order valence-electron chi connectivity index (χ0n) is 9.06. The van der Waals surface area contributed by atoms with E-state index in [1.165, 1.54) is 0 Å². The lowest BCUT2D eigenvalue weighted by atomic mass is 10.0. The van der Waals surface area contributed by atoms with Crippen LogP contribution in [-0.2, 0) is 0 Å². The van der Waals surface area contributed by atoms with E-state index >= 15 is 0 Å². The van der Waals surface area contributed by atoms with Gasteiger partial charge in [-0.1, -0.05) is 13.8 Å². The molecular weight excluding hydrogens is 182 g/mol. The van der Waals surface area contributed by atoms with Gasteiger partial charge in [-0.15, -0.1) is 0 Å². The van der Waals surface area contributed by atoms with Crippen LogP contribution in [0.5, 0.6) is 0 Å². The lowest BCUT2D eigenvalue weighted by Gasteiger charge is -2.12. The van der Waals surface area contributed by atoms with Gasteiger partial charge in [-0.3, -0.25) is 0 Å². The zero-order chi connectivity index (χ0) is 10.7. The molecule has 5 nitrogen and oxygen atoms in total. The number of anilines is 1. The van der Waals surface area contributed by atoms with Gasteiger partial charge in [-0.25, -0.2) is 0 Å². The molecule has 1 N–H and O–H groups in total. The first kappa shape index (κ1) is 11.0. The Labute approximate surface area is 83.7 Å². The molecular formula is C9H17N3O2. The molecule has 5 heteroatoms. The molecule has 14 heavy (non-hydrogen) atoms. The Balaban J connectivity index is 2.76. The van der Waals surface area contributed by atoms with Crippen molar-refractivity contribution in [1.82, 2.24) is 10.1 Å². The predicted molar refractivity (Wildman–Crippen MR) is 53.3 cm³/mol. The van der Waals surface area contributed by atoms with Crippen molar-refractivity contribution in [2.24, 2.45) is 0 Å². The smallest absolute Gasteiger partial charge is 0.265 e. The second-order valence-corrected chi connectivity index (χ2v) is 3.59. The number of rotatable bonds is 4. The largest absolute Gasteiger partial charge is 0.392 e. The lowest BCUT2D eigenvalue weighted by molar-refractivity contribution is 0.129. The molecule has 2 atom stereocenters. The number of aliphatic hydroxyl groups is 1. The van der Waals surface area contributed by atoms with Crippen LogP contribution in [0.1, 0.15) is 32.1 Å². The summed E-state index contributed by atoms with van der Waals surface area (Å²) >= 11 is 0. The standard InChI is InChI=1S/C9H17N3O2/c1-5-7(13)6(2)8-10-9(11-14-8)12(3)4/h6-7,13H,5H2,1-4H3. The fourth-order valence-electron chi connectivity index (χ4n) is 1.11. The molecule has 0 saturated carbocycles. The predicted octanol–water partition coefficient (Wildman–Crippen LogP) is 1.01. The van der Waals surface area contributed by atoms with Gasteiger partial charge in [0.05, 0.1) is 12.0 Å². The Morgan fingerprint density at radius 3 is 2.57 bits per heavy atom. The summed E-state index contributed by atoms with van der Waals surface area (Å²) in [5.74, 6) is 0.916. The van der Waals surface area contributed by atoms with Crippen molar-refractivity contribution in [3.05, 3.63) is 5.89 Å². The highest BCUT2D eigenvalue weighted by molar-refractivity contribution is 5.24. The van der Waals surface area contributed by atoms with Gasteiger partial charge in [-0.05, 0) is 11.6 Å². The average Bonchev–Trinajstić information content (AvgIpc) is 2.64. The number of aromatic nitrogens is 2. The first-order chi connectivity index (χ1) is 6.56. The van der Waals surface area contributed by atoms with E-state index in [9.17, 15) is 5.11 Å². The van der Waals surface area contributed by atoms with Crippen LogP contribution in [0, 0.1) is 0 Å². The molecule has 0 aliphatic rings. The molecule has 0 spiro atoms. The molecule has 0 fully saturated rings. The van der Waals surface area contributed by atoms with Gasteiger partial charge in [0.2, 0.25) is 5.89 Å². The van der Waals surface area contributed by atoms with Crippen LogP contribution in [0.15, 0.2) is 4.52 Å². The number of hydrogen-bond acceptors (Lipinski definition) is 5. The van der Waals surface area contributed by atoms with Crippen molar-refractivity contribution in [1.29, 1.82) is 0 Å². The summed E-state index contributed by atoms with van der Waals surface area (Å²) in [7, 11) is 3.69. The van der Waals surface area contributed by atoms with Crippen LogP contribution in [0.25, 0.3) is 0 Å². The Bertz CT molecular complexity index is 285.